The Hall–Kier alpha value is -1.19. The quantitative estimate of drug-likeness (QED) is 0.762. The first kappa shape index (κ1) is 16.2. The van der Waals surface area contributed by atoms with E-state index in [1.165, 1.54) is 17.4 Å². The van der Waals surface area contributed by atoms with E-state index in [1.54, 1.807) is 0 Å². The average Bonchev–Trinajstić information content (AvgIpc) is 2.80. The highest BCUT2D eigenvalue weighted by atomic mass is 79.9. The zero-order chi connectivity index (χ0) is 15.6. The summed E-state index contributed by atoms with van der Waals surface area (Å²) in [6.07, 6.45) is -4.52. The molecule has 9 heteroatoms. The second-order valence-corrected chi connectivity index (χ2v) is 6.39. The summed E-state index contributed by atoms with van der Waals surface area (Å²) in [5.41, 5.74) is 4.81. The Morgan fingerprint density at radius 3 is 2.67 bits per heavy atom. The highest BCUT2D eigenvalue weighted by molar-refractivity contribution is 9.10. The van der Waals surface area contributed by atoms with E-state index in [2.05, 4.69) is 26.2 Å². The van der Waals surface area contributed by atoms with Gasteiger partial charge in [0.2, 0.25) is 0 Å². The summed E-state index contributed by atoms with van der Waals surface area (Å²) >= 11 is 9.61. The Kier molecular flexibility index (Phi) is 4.84. The number of nitrogens with zero attached hydrogens (tertiary/aromatic N) is 1. The van der Waals surface area contributed by atoms with E-state index in [4.69, 9.17) is 18.0 Å². The summed E-state index contributed by atoms with van der Waals surface area (Å²) in [7, 11) is 0. The lowest BCUT2D eigenvalue weighted by molar-refractivity contribution is -0.141. The number of thiocarbonyl (C=S) groups is 1. The molecule has 112 valence electrons. The van der Waals surface area contributed by atoms with Crippen molar-refractivity contribution in [2.75, 3.05) is 5.32 Å². The molecule has 0 saturated heterocycles. The number of halogens is 4. The molecule has 0 bridgehead atoms. The first-order valence-electron chi connectivity index (χ1n) is 5.62. The van der Waals surface area contributed by atoms with E-state index in [9.17, 15) is 13.2 Å². The van der Waals surface area contributed by atoms with Crippen molar-refractivity contribution in [2.45, 2.75) is 12.7 Å². The number of nitrogens with two attached hydrogens (primary N) is 1. The molecule has 0 amide bonds. The molecule has 3 nitrogen and oxygen atoms in total. The van der Waals surface area contributed by atoms with Crippen molar-refractivity contribution in [1.29, 1.82) is 0 Å². The standard InChI is InChI=1S/C12H9BrF3N3S2/c13-6-3-7(21-5-6)4-18-11-8(10(17)20)1-2-9(19-11)12(14,15)16/h1-3,5H,4H2,(H2,17,20)(H,18,19). The van der Waals surface area contributed by atoms with Gasteiger partial charge in [0.15, 0.2) is 0 Å². The minimum Gasteiger partial charge on any atom is -0.389 e. The fourth-order valence-electron chi connectivity index (χ4n) is 1.57. The maximum absolute atomic E-state index is 12.7. The first-order chi connectivity index (χ1) is 9.77. The van der Waals surface area contributed by atoms with Gasteiger partial charge in [0, 0.05) is 14.7 Å². The molecule has 3 N–H and O–H groups in total. The van der Waals surface area contributed by atoms with E-state index in [0.717, 1.165) is 15.4 Å². The molecule has 0 spiro atoms. The molecule has 0 radical (unpaired) electrons. The van der Waals surface area contributed by atoms with Crippen LogP contribution in [0, 0.1) is 0 Å². The summed E-state index contributed by atoms with van der Waals surface area (Å²) in [6.45, 7) is 0.334. The van der Waals surface area contributed by atoms with Gasteiger partial charge in [0.25, 0.3) is 0 Å². The summed E-state index contributed by atoms with van der Waals surface area (Å²) in [5, 5.41) is 4.73. The van der Waals surface area contributed by atoms with Crippen LogP contribution in [-0.2, 0) is 12.7 Å². The van der Waals surface area contributed by atoms with E-state index >= 15 is 0 Å². The second-order valence-electron chi connectivity index (χ2n) is 4.04. The maximum atomic E-state index is 12.7. The van der Waals surface area contributed by atoms with Gasteiger partial charge in [-0.25, -0.2) is 4.98 Å². The van der Waals surface area contributed by atoms with E-state index in [-0.39, 0.29) is 16.4 Å². The van der Waals surface area contributed by atoms with Crippen LogP contribution >= 0.6 is 39.5 Å². The zero-order valence-corrected chi connectivity index (χ0v) is 13.6. The molecule has 0 aliphatic heterocycles. The van der Waals surface area contributed by atoms with Crippen molar-refractivity contribution in [3.63, 3.8) is 0 Å². The number of hydrogen-bond donors (Lipinski definition) is 2. The normalized spacial score (nSPS) is 11.4. The number of nitrogens with one attached hydrogen (secondary N) is 1. The Labute approximate surface area is 136 Å². The SMILES string of the molecule is NC(=S)c1ccc(C(F)(F)F)nc1NCc1cc(Br)cs1. The van der Waals surface area contributed by atoms with Crippen LogP contribution in [0.15, 0.2) is 28.1 Å². The second kappa shape index (κ2) is 6.29. The van der Waals surface area contributed by atoms with Crippen molar-refractivity contribution in [3.05, 3.63) is 44.2 Å². The summed E-state index contributed by atoms with van der Waals surface area (Å²) in [6, 6.07) is 3.96. The van der Waals surface area contributed by atoms with Gasteiger partial charge >= 0.3 is 6.18 Å². The monoisotopic (exact) mass is 395 g/mol. The summed E-state index contributed by atoms with van der Waals surface area (Å²) < 4.78 is 39.0. The van der Waals surface area contributed by atoms with Gasteiger partial charge in [-0.3, -0.25) is 0 Å². The minimum atomic E-state index is -4.52. The Bertz CT molecular complexity index is 670. The zero-order valence-electron chi connectivity index (χ0n) is 10.4. The van der Waals surface area contributed by atoms with Crippen molar-refractivity contribution in [2.24, 2.45) is 5.73 Å². The van der Waals surface area contributed by atoms with Gasteiger partial charge in [-0.1, -0.05) is 12.2 Å². The number of rotatable bonds is 4. The van der Waals surface area contributed by atoms with Crippen LogP contribution in [0.25, 0.3) is 0 Å². The molecule has 21 heavy (non-hydrogen) atoms. The van der Waals surface area contributed by atoms with Gasteiger partial charge < -0.3 is 11.1 Å². The maximum Gasteiger partial charge on any atom is 0.433 e. The van der Waals surface area contributed by atoms with Gasteiger partial charge in [0.05, 0.1) is 12.1 Å². The van der Waals surface area contributed by atoms with E-state index in [1.807, 2.05) is 11.4 Å². The average molecular weight is 396 g/mol. The molecule has 0 aliphatic carbocycles. The van der Waals surface area contributed by atoms with Gasteiger partial charge in [-0.2, -0.15) is 13.2 Å². The van der Waals surface area contributed by atoms with Gasteiger partial charge in [0.1, 0.15) is 16.5 Å². The van der Waals surface area contributed by atoms with Crippen molar-refractivity contribution in [3.8, 4) is 0 Å². The first-order valence-corrected chi connectivity index (χ1v) is 7.70. The predicted octanol–water partition coefficient (Wildman–Crippen LogP) is 4.17. The highest BCUT2D eigenvalue weighted by Gasteiger charge is 2.33. The smallest absolute Gasteiger partial charge is 0.389 e. The third-order valence-corrected chi connectivity index (χ3v) is 4.42. The topological polar surface area (TPSA) is 50.9 Å². The number of hydrogen-bond acceptors (Lipinski definition) is 4. The van der Waals surface area contributed by atoms with Crippen molar-refractivity contribution in [1.82, 2.24) is 4.98 Å². The molecule has 2 heterocycles. The van der Waals surface area contributed by atoms with E-state index in [0.29, 0.717) is 6.54 Å². The Balaban J connectivity index is 2.28. The third-order valence-electron chi connectivity index (χ3n) is 2.50. The summed E-state index contributed by atoms with van der Waals surface area (Å²) in [5.74, 6) is 0.0295. The lowest BCUT2D eigenvalue weighted by atomic mass is 10.2. The molecule has 0 aliphatic rings. The van der Waals surface area contributed by atoms with Crippen LogP contribution in [0.5, 0.6) is 0 Å². The number of pyridine rings is 1. The number of aromatic nitrogens is 1. The molecular weight excluding hydrogens is 387 g/mol. The molecule has 2 aromatic heterocycles. The van der Waals surface area contributed by atoms with E-state index < -0.39 is 11.9 Å². The Morgan fingerprint density at radius 2 is 2.14 bits per heavy atom. The van der Waals surface area contributed by atoms with Gasteiger partial charge in [-0.05, 0) is 34.1 Å². The highest BCUT2D eigenvalue weighted by Crippen LogP contribution is 2.30. The van der Waals surface area contributed by atoms with Gasteiger partial charge in [-0.15, -0.1) is 11.3 Å². The minimum absolute atomic E-state index is 0.00825. The number of anilines is 1. The lowest BCUT2D eigenvalue weighted by Crippen LogP contribution is -2.17. The Morgan fingerprint density at radius 1 is 1.43 bits per heavy atom. The van der Waals surface area contributed by atoms with Crippen LogP contribution in [0.1, 0.15) is 16.1 Å². The predicted molar refractivity (Wildman–Crippen MR) is 84.5 cm³/mol. The molecule has 0 atom stereocenters. The number of thiophene rings is 1. The fraction of sp³-hybridized carbons (Fsp3) is 0.167. The molecular formula is C12H9BrF3N3S2. The summed E-state index contributed by atoms with van der Waals surface area (Å²) in [4.78, 5) is 4.51. The van der Waals surface area contributed by atoms with Crippen LogP contribution in [0.4, 0.5) is 19.0 Å². The molecule has 0 unspecified atom stereocenters. The molecule has 0 fully saturated rings. The fourth-order valence-corrected chi connectivity index (χ4v) is 3.12. The molecule has 0 saturated carbocycles. The van der Waals surface area contributed by atoms with Crippen molar-refractivity contribution >= 4 is 50.3 Å². The number of alkyl halides is 3. The molecule has 2 aromatic rings. The van der Waals surface area contributed by atoms with Crippen molar-refractivity contribution < 1.29 is 13.2 Å². The molecule has 2 rings (SSSR count). The van der Waals surface area contributed by atoms with Crippen LogP contribution in [-0.4, -0.2) is 9.97 Å². The largest absolute Gasteiger partial charge is 0.433 e. The van der Waals surface area contributed by atoms with Crippen LogP contribution in [0.2, 0.25) is 0 Å². The van der Waals surface area contributed by atoms with Crippen LogP contribution < -0.4 is 11.1 Å². The third kappa shape index (κ3) is 4.14. The van der Waals surface area contributed by atoms with Crippen LogP contribution in [0.3, 0.4) is 0 Å². The lowest BCUT2D eigenvalue weighted by Gasteiger charge is -2.13. The molecule has 0 aromatic carbocycles.